The predicted molar refractivity (Wildman–Crippen MR) is 107 cm³/mol. The third-order valence-electron chi connectivity index (χ3n) is 5.21. The molecule has 1 amide bonds. The van der Waals surface area contributed by atoms with Crippen molar-refractivity contribution >= 4 is 17.4 Å². The number of halogens is 1. The van der Waals surface area contributed by atoms with Gasteiger partial charge in [-0.2, -0.15) is 0 Å². The average Bonchev–Trinajstić information content (AvgIpc) is 3.00. The van der Waals surface area contributed by atoms with Crippen LogP contribution in [0.4, 0.5) is 4.39 Å². The molecule has 1 atom stereocenters. The molecule has 152 valence electrons. The average molecular weight is 397 g/mol. The molecule has 7 heteroatoms. The van der Waals surface area contributed by atoms with Crippen molar-refractivity contribution in [3.05, 3.63) is 71.3 Å². The largest absolute Gasteiger partial charge is 0.507 e. The molecule has 29 heavy (non-hydrogen) atoms. The number of hydrogen-bond donors (Lipinski definition) is 1. The van der Waals surface area contributed by atoms with E-state index in [-0.39, 0.29) is 16.9 Å². The van der Waals surface area contributed by atoms with Gasteiger partial charge in [0.2, 0.25) is 0 Å². The Bertz CT molecular complexity index is 909. The lowest BCUT2D eigenvalue weighted by molar-refractivity contribution is -0.140. The van der Waals surface area contributed by atoms with Crippen LogP contribution in [0.15, 0.2) is 54.4 Å². The van der Waals surface area contributed by atoms with Crippen LogP contribution >= 0.6 is 0 Å². The van der Waals surface area contributed by atoms with Crippen molar-refractivity contribution in [2.45, 2.75) is 19.9 Å². The fourth-order valence-electron chi connectivity index (χ4n) is 3.55. The number of benzene rings is 1. The molecule has 3 rings (SSSR count). The molecular formula is C22H24FN3O3. The summed E-state index contributed by atoms with van der Waals surface area (Å²) in [6.45, 7) is 6.66. The van der Waals surface area contributed by atoms with Crippen molar-refractivity contribution in [1.82, 2.24) is 14.8 Å². The van der Waals surface area contributed by atoms with Gasteiger partial charge in [0.15, 0.2) is 0 Å². The smallest absolute Gasteiger partial charge is 0.295 e. The number of likely N-dealkylation sites (tertiary alicyclic amines) is 1. The zero-order valence-electron chi connectivity index (χ0n) is 16.5. The maximum atomic E-state index is 13.3. The second-order valence-electron chi connectivity index (χ2n) is 6.81. The van der Waals surface area contributed by atoms with Crippen LogP contribution < -0.4 is 0 Å². The highest BCUT2D eigenvalue weighted by Crippen LogP contribution is 2.38. The number of carbonyl (C=O) groups is 2. The van der Waals surface area contributed by atoms with Gasteiger partial charge in [-0.1, -0.05) is 19.9 Å². The Labute approximate surface area is 169 Å². The van der Waals surface area contributed by atoms with E-state index < -0.39 is 23.5 Å². The van der Waals surface area contributed by atoms with Gasteiger partial charge in [-0.15, -0.1) is 0 Å². The van der Waals surface area contributed by atoms with E-state index in [9.17, 15) is 19.1 Å². The molecule has 0 radical (unpaired) electrons. The number of ketones is 1. The first-order chi connectivity index (χ1) is 14.0. The van der Waals surface area contributed by atoms with E-state index >= 15 is 0 Å². The summed E-state index contributed by atoms with van der Waals surface area (Å²) >= 11 is 0. The van der Waals surface area contributed by atoms with Crippen LogP contribution in [-0.2, 0) is 9.59 Å². The van der Waals surface area contributed by atoms with Gasteiger partial charge in [0, 0.05) is 31.0 Å². The topological polar surface area (TPSA) is 73.7 Å². The van der Waals surface area contributed by atoms with Crippen LogP contribution in [0.5, 0.6) is 0 Å². The molecule has 0 bridgehead atoms. The Balaban J connectivity index is 2.06. The summed E-state index contributed by atoms with van der Waals surface area (Å²) in [4.78, 5) is 33.4. The van der Waals surface area contributed by atoms with E-state index in [2.05, 4.69) is 9.88 Å². The highest BCUT2D eigenvalue weighted by atomic mass is 19.1. The number of likely N-dealkylation sites (N-methyl/N-ethyl adjacent to an activating group) is 1. The second-order valence-corrected chi connectivity index (χ2v) is 6.81. The van der Waals surface area contributed by atoms with Gasteiger partial charge in [-0.25, -0.2) is 4.39 Å². The monoisotopic (exact) mass is 397 g/mol. The van der Waals surface area contributed by atoms with Crippen LogP contribution in [0.3, 0.4) is 0 Å². The van der Waals surface area contributed by atoms with E-state index in [1.54, 1.807) is 24.5 Å². The summed E-state index contributed by atoms with van der Waals surface area (Å²) in [6, 6.07) is 7.91. The van der Waals surface area contributed by atoms with Crippen LogP contribution in [0.2, 0.25) is 0 Å². The van der Waals surface area contributed by atoms with E-state index in [4.69, 9.17) is 0 Å². The van der Waals surface area contributed by atoms with Crippen molar-refractivity contribution in [2.75, 3.05) is 26.2 Å². The minimum Gasteiger partial charge on any atom is -0.507 e. The van der Waals surface area contributed by atoms with Crippen LogP contribution in [0, 0.1) is 5.82 Å². The zero-order valence-corrected chi connectivity index (χ0v) is 16.5. The van der Waals surface area contributed by atoms with E-state index in [0.29, 0.717) is 18.7 Å². The summed E-state index contributed by atoms with van der Waals surface area (Å²) in [7, 11) is 0. The third kappa shape index (κ3) is 4.19. The standard InChI is InChI=1S/C22H24FN3O3/c1-3-25(4-2)12-13-26-19(16-6-5-11-24-14-16)18(21(28)22(26)29)20(27)15-7-9-17(23)10-8-15/h5-11,14,19,27H,3-4,12-13H2,1-2H3/b20-18+/t19-/m0/s1. The lowest BCUT2D eigenvalue weighted by Crippen LogP contribution is -2.38. The Morgan fingerprint density at radius 1 is 1.17 bits per heavy atom. The third-order valence-corrected chi connectivity index (χ3v) is 5.21. The lowest BCUT2D eigenvalue weighted by atomic mass is 9.96. The molecule has 6 nitrogen and oxygen atoms in total. The van der Waals surface area contributed by atoms with Crippen molar-refractivity contribution in [3.8, 4) is 0 Å². The number of amides is 1. The number of aliphatic hydroxyl groups excluding tert-OH is 1. The molecule has 1 aromatic carbocycles. The second kappa shape index (κ2) is 8.96. The van der Waals surface area contributed by atoms with Gasteiger partial charge in [0.05, 0.1) is 11.6 Å². The number of hydrogen-bond acceptors (Lipinski definition) is 5. The van der Waals surface area contributed by atoms with Crippen molar-refractivity contribution in [3.63, 3.8) is 0 Å². The molecule has 0 aliphatic carbocycles. The normalized spacial score (nSPS) is 18.6. The first-order valence-corrected chi connectivity index (χ1v) is 9.64. The molecule has 1 aromatic heterocycles. The lowest BCUT2D eigenvalue weighted by Gasteiger charge is -2.28. The molecule has 1 aliphatic rings. The molecule has 1 fully saturated rings. The molecule has 2 heterocycles. The SMILES string of the molecule is CCN(CC)CCN1C(=O)C(=O)/C(=C(/O)c2ccc(F)cc2)[C@@H]1c1cccnc1. The summed E-state index contributed by atoms with van der Waals surface area (Å²) in [5, 5.41) is 10.8. The van der Waals surface area contributed by atoms with Gasteiger partial charge in [0.25, 0.3) is 11.7 Å². The van der Waals surface area contributed by atoms with Gasteiger partial charge in [-0.05, 0) is 49.0 Å². The zero-order chi connectivity index (χ0) is 21.0. The fraction of sp³-hybridized carbons (Fsp3) is 0.318. The Hall–Kier alpha value is -3.06. The molecular weight excluding hydrogens is 373 g/mol. The van der Waals surface area contributed by atoms with Crippen LogP contribution in [0.1, 0.15) is 31.0 Å². The number of Topliss-reactive ketones (excluding diaryl/α,β-unsaturated/α-hetero) is 1. The molecule has 1 saturated heterocycles. The number of carbonyl (C=O) groups excluding carboxylic acids is 2. The summed E-state index contributed by atoms with van der Waals surface area (Å²) < 4.78 is 13.3. The quantitative estimate of drug-likeness (QED) is 0.442. The van der Waals surface area contributed by atoms with E-state index in [0.717, 1.165) is 13.1 Å². The Morgan fingerprint density at radius 2 is 1.86 bits per heavy atom. The Morgan fingerprint density at radius 3 is 2.45 bits per heavy atom. The van der Waals surface area contributed by atoms with Gasteiger partial charge in [0.1, 0.15) is 11.6 Å². The molecule has 0 unspecified atom stereocenters. The number of aromatic nitrogens is 1. The molecule has 1 aliphatic heterocycles. The highest BCUT2D eigenvalue weighted by molar-refractivity contribution is 6.46. The van der Waals surface area contributed by atoms with Gasteiger partial charge < -0.3 is 14.9 Å². The first-order valence-electron chi connectivity index (χ1n) is 9.64. The summed E-state index contributed by atoms with van der Waals surface area (Å²) in [5.74, 6) is -2.18. The highest BCUT2D eigenvalue weighted by Gasteiger charge is 2.46. The van der Waals surface area contributed by atoms with Crippen LogP contribution in [-0.4, -0.2) is 57.8 Å². The van der Waals surface area contributed by atoms with E-state index in [1.165, 1.54) is 29.2 Å². The number of rotatable bonds is 7. The van der Waals surface area contributed by atoms with Crippen molar-refractivity contribution < 1.29 is 19.1 Å². The van der Waals surface area contributed by atoms with Crippen molar-refractivity contribution in [2.24, 2.45) is 0 Å². The Kier molecular flexibility index (Phi) is 6.39. The van der Waals surface area contributed by atoms with Gasteiger partial charge in [-0.3, -0.25) is 14.6 Å². The minimum absolute atomic E-state index is 0.00541. The molecule has 2 aromatic rings. The number of nitrogens with zero attached hydrogens (tertiary/aromatic N) is 3. The van der Waals surface area contributed by atoms with Crippen molar-refractivity contribution in [1.29, 1.82) is 0 Å². The maximum Gasteiger partial charge on any atom is 0.295 e. The van der Waals surface area contributed by atoms with E-state index in [1.807, 2.05) is 13.8 Å². The van der Waals surface area contributed by atoms with Gasteiger partial charge >= 0.3 is 0 Å². The maximum absolute atomic E-state index is 13.3. The summed E-state index contributed by atoms with van der Waals surface area (Å²) in [6.07, 6.45) is 3.18. The first kappa shape index (κ1) is 20.7. The number of pyridine rings is 1. The van der Waals surface area contributed by atoms with Crippen LogP contribution in [0.25, 0.3) is 5.76 Å². The predicted octanol–water partition coefficient (Wildman–Crippen LogP) is 2.98. The summed E-state index contributed by atoms with van der Waals surface area (Å²) in [5.41, 5.74) is 0.908. The number of aliphatic hydroxyl groups is 1. The fourth-order valence-corrected chi connectivity index (χ4v) is 3.55. The minimum atomic E-state index is -0.750. The molecule has 0 saturated carbocycles. The molecule has 1 N–H and O–H groups in total. The molecule has 0 spiro atoms.